The second-order valence-corrected chi connectivity index (χ2v) is 6.21. The molecule has 3 N–H and O–H groups in total. The van der Waals surface area contributed by atoms with Gasteiger partial charge in [0.25, 0.3) is 0 Å². The van der Waals surface area contributed by atoms with E-state index in [1.165, 1.54) is 5.56 Å². The van der Waals surface area contributed by atoms with E-state index in [4.69, 9.17) is 28.9 Å². The third kappa shape index (κ3) is 5.29. The van der Waals surface area contributed by atoms with Crippen LogP contribution in [0.5, 0.6) is 0 Å². The number of aromatic nitrogens is 1. The topological polar surface area (TPSA) is 55.3 Å². The standard InChI is InChI=1S/C16H20Cl2N4.HI/c1-10(2)11-5-4-6-12(7-11)21-16(19)20-9-13-8-14(17)15(18)22(13)3;/h4-8,10H,9H2,1-3H3,(H3,19,20,21);1H. The zero-order chi connectivity index (χ0) is 16.3. The van der Waals surface area contributed by atoms with Gasteiger partial charge < -0.3 is 15.6 Å². The predicted octanol–water partition coefficient (Wildman–Crippen LogP) is 5.00. The third-order valence-corrected chi connectivity index (χ3v) is 4.29. The van der Waals surface area contributed by atoms with Crippen molar-refractivity contribution in [2.75, 3.05) is 5.32 Å². The smallest absolute Gasteiger partial charge is 0.193 e. The summed E-state index contributed by atoms with van der Waals surface area (Å²) in [5, 5.41) is 4.12. The fourth-order valence-electron chi connectivity index (χ4n) is 2.07. The lowest BCUT2D eigenvalue weighted by molar-refractivity contribution is 0.825. The Morgan fingerprint density at radius 1 is 1.30 bits per heavy atom. The van der Waals surface area contributed by atoms with E-state index in [9.17, 15) is 0 Å². The molecule has 1 aromatic carbocycles. The number of halogens is 3. The van der Waals surface area contributed by atoms with Crippen molar-refractivity contribution < 1.29 is 0 Å². The number of benzene rings is 1. The molecule has 7 heteroatoms. The van der Waals surface area contributed by atoms with E-state index in [2.05, 4.69) is 36.3 Å². The molecule has 126 valence electrons. The number of aliphatic imine (C=N–C) groups is 1. The lowest BCUT2D eigenvalue weighted by atomic mass is 10.0. The molecule has 0 atom stereocenters. The third-order valence-electron chi connectivity index (χ3n) is 3.45. The molecule has 0 saturated heterocycles. The second-order valence-electron chi connectivity index (χ2n) is 5.44. The molecule has 0 unspecified atom stereocenters. The van der Waals surface area contributed by atoms with Gasteiger partial charge in [0.2, 0.25) is 0 Å². The van der Waals surface area contributed by atoms with Crippen LogP contribution in [-0.4, -0.2) is 10.5 Å². The highest BCUT2D eigenvalue weighted by Crippen LogP contribution is 2.25. The van der Waals surface area contributed by atoms with Crippen LogP contribution in [0.15, 0.2) is 35.3 Å². The number of nitrogens with two attached hydrogens (primary N) is 1. The Morgan fingerprint density at radius 3 is 2.57 bits per heavy atom. The summed E-state index contributed by atoms with van der Waals surface area (Å²) >= 11 is 12.0. The van der Waals surface area contributed by atoms with Gasteiger partial charge in [0.1, 0.15) is 5.15 Å². The summed E-state index contributed by atoms with van der Waals surface area (Å²) in [6, 6.07) is 9.92. The first kappa shape index (κ1) is 20.1. The minimum atomic E-state index is 0. The van der Waals surface area contributed by atoms with Crippen molar-refractivity contribution in [3.05, 3.63) is 51.8 Å². The molecular weight excluding hydrogens is 446 g/mol. The molecule has 0 fully saturated rings. The SMILES string of the molecule is CC(C)c1cccc(NC(N)=NCc2cc(Cl)c(Cl)n2C)c1.I. The van der Waals surface area contributed by atoms with E-state index < -0.39 is 0 Å². The average Bonchev–Trinajstić information content (AvgIpc) is 2.72. The number of rotatable bonds is 4. The summed E-state index contributed by atoms with van der Waals surface area (Å²) in [5.74, 6) is 0.821. The van der Waals surface area contributed by atoms with Crippen LogP contribution in [0.3, 0.4) is 0 Å². The highest BCUT2D eigenvalue weighted by Gasteiger charge is 2.08. The molecule has 0 amide bonds. The normalized spacial score (nSPS) is 11.5. The molecule has 2 aromatic rings. The van der Waals surface area contributed by atoms with Crippen LogP contribution >= 0.6 is 47.2 Å². The van der Waals surface area contributed by atoms with Gasteiger partial charge in [-0.1, -0.05) is 49.2 Å². The first-order chi connectivity index (χ1) is 10.4. The summed E-state index contributed by atoms with van der Waals surface area (Å²) in [4.78, 5) is 4.32. The number of nitrogens with one attached hydrogen (secondary N) is 1. The van der Waals surface area contributed by atoms with Crippen LogP contribution in [-0.2, 0) is 13.6 Å². The largest absolute Gasteiger partial charge is 0.370 e. The van der Waals surface area contributed by atoms with Crippen LogP contribution in [0.2, 0.25) is 10.2 Å². The molecule has 0 aliphatic rings. The Morgan fingerprint density at radius 2 is 2.00 bits per heavy atom. The number of hydrogen-bond acceptors (Lipinski definition) is 1. The van der Waals surface area contributed by atoms with Crippen molar-refractivity contribution >= 4 is 58.8 Å². The Hall–Kier alpha value is -0.920. The molecule has 4 nitrogen and oxygen atoms in total. The Kier molecular flexibility index (Phi) is 7.70. The van der Waals surface area contributed by atoms with Gasteiger partial charge in [-0.25, -0.2) is 4.99 Å². The second kappa shape index (κ2) is 8.80. The molecule has 0 aliphatic heterocycles. The number of anilines is 1. The van der Waals surface area contributed by atoms with Crippen molar-refractivity contribution in [2.45, 2.75) is 26.3 Å². The zero-order valence-corrected chi connectivity index (χ0v) is 17.1. The van der Waals surface area contributed by atoms with Gasteiger partial charge in [0.15, 0.2) is 5.96 Å². The first-order valence-corrected chi connectivity index (χ1v) is 7.80. The molecule has 0 spiro atoms. The number of hydrogen-bond donors (Lipinski definition) is 2. The Labute approximate surface area is 164 Å². The zero-order valence-electron chi connectivity index (χ0n) is 13.3. The van der Waals surface area contributed by atoms with Crippen LogP contribution in [0, 0.1) is 0 Å². The maximum Gasteiger partial charge on any atom is 0.193 e. The van der Waals surface area contributed by atoms with Crippen LogP contribution in [0.4, 0.5) is 5.69 Å². The predicted molar refractivity (Wildman–Crippen MR) is 110 cm³/mol. The highest BCUT2D eigenvalue weighted by atomic mass is 127. The summed E-state index contributed by atoms with van der Waals surface area (Å²) in [5.41, 5.74) is 9.01. The maximum atomic E-state index is 6.03. The molecule has 1 heterocycles. The van der Waals surface area contributed by atoms with Crippen LogP contribution < -0.4 is 11.1 Å². The average molecular weight is 467 g/mol. The van der Waals surface area contributed by atoms with Gasteiger partial charge in [-0.2, -0.15) is 0 Å². The molecule has 1 aromatic heterocycles. The number of nitrogens with zero attached hydrogens (tertiary/aromatic N) is 2. The molecular formula is C16H21Cl2IN4. The molecule has 0 bridgehead atoms. The molecule has 0 radical (unpaired) electrons. The monoisotopic (exact) mass is 466 g/mol. The summed E-state index contributed by atoms with van der Waals surface area (Å²) < 4.78 is 1.79. The molecule has 2 rings (SSSR count). The molecule has 0 saturated carbocycles. The molecule has 0 aliphatic carbocycles. The summed E-state index contributed by atoms with van der Waals surface area (Å²) in [7, 11) is 1.84. The van der Waals surface area contributed by atoms with Crippen molar-refractivity contribution in [3.63, 3.8) is 0 Å². The first-order valence-electron chi connectivity index (χ1n) is 7.05. The van der Waals surface area contributed by atoms with E-state index in [1.54, 1.807) is 10.6 Å². The molecule has 23 heavy (non-hydrogen) atoms. The lowest BCUT2D eigenvalue weighted by Gasteiger charge is -2.10. The van der Waals surface area contributed by atoms with Gasteiger partial charge in [-0.3, -0.25) is 0 Å². The van der Waals surface area contributed by atoms with E-state index in [0.29, 0.717) is 28.6 Å². The van der Waals surface area contributed by atoms with Crippen molar-refractivity contribution in [1.29, 1.82) is 0 Å². The van der Waals surface area contributed by atoms with Gasteiger partial charge in [0.05, 0.1) is 11.6 Å². The van der Waals surface area contributed by atoms with Crippen LogP contribution in [0.1, 0.15) is 31.0 Å². The van der Waals surface area contributed by atoms with Crippen molar-refractivity contribution in [1.82, 2.24) is 4.57 Å². The fourth-order valence-corrected chi connectivity index (χ4v) is 2.49. The van der Waals surface area contributed by atoms with Crippen LogP contribution in [0.25, 0.3) is 0 Å². The quantitative estimate of drug-likeness (QED) is 0.378. The van der Waals surface area contributed by atoms with Gasteiger partial charge >= 0.3 is 0 Å². The highest BCUT2D eigenvalue weighted by molar-refractivity contribution is 14.0. The summed E-state index contributed by atoms with van der Waals surface area (Å²) in [6.45, 7) is 4.71. The van der Waals surface area contributed by atoms with E-state index in [0.717, 1.165) is 11.4 Å². The van der Waals surface area contributed by atoms with E-state index >= 15 is 0 Å². The summed E-state index contributed by atoms with van der Waals surface area (Å²) in [6.07, 6.45) is 0. The van der Waals surface area contributed by atoms with E-state index in [-0.39, 0.29) is 24.0 Å². The van der Waals surface area contributed by atoms with Gasteiger partial charge in [-0.15, -0.1) is 24.0 Å². The number of guanidine groups is 1. The Bertz CT molecular complexity index is 695. The lowest BCUT2D eigenvalue weighted by Crippen LogP contribution is -2.22. The maximum absolute atomic E-state index is 6.03. The minimum Gasteiger partial charge on any atom is -0.370 e. The minimum absolute atomic E-state index is 0. The van der Waals surface area contributed by atoms with Gasteiger partial charge in [0, 0.05) is 18.4 Å². The Balaban J connectivity index is 0.00000264. The fraction of sp³-hybridized carbons (Fsp3) is 0.312. The van der Waals surface area contributed by atoms with Crippen molar-refractivity contribution in [2.24, 2.45) is 17.8 Å². The van der Waals surface area contributed by atoms with Gasteiger partial charge in [-0.05, 0) is 29.7 Å². The van der Waals surface area contributed by atoms with E-state index in [1.807, 2.05) is 19.2 Å². The van der Waals surface area contributed by atoms with Crippen molar-refractivity contribution in [3.8, 4) is 0 Å².